The number of carbonyl (C=O) groups is 2. The van der Waals surface area contributed by atoms with E-state index in [0.717, 1.165) is 60.7 Å². The zero-order valence-electron chi connectivity index (χ0n) is 19.6. The van der Waals surface area contributed by atoms with Crippen molar-refractivity contribution in [2.75, 3.05) is 19.8 Å². The van der Waals surface area contributed by atoms with Gasteiger partial charge in [-0.05, 0) is 38.7 Å². The Morgan fingerprint density at radius 3 is 2.67 bits per heavy atom. The molecule has 1 fully saturated rings. The molecule has 33 heavy (non-hydrogen) atoms. The number of hydrogen-bond donors (Lipinski definition) is 1. The predicted molar refractivity (Wildman–Crippen MR) is 127 cm³/mol. The van der Waals surface area contributed by atoms with Gasteiger partial charge in [0.2, 0.25) is 0 Å². The minimum absolute atomic E-state index is 0.0249. The first-order chi connectivity index (χ1) is 15.9. The van der Waals surface area contributed by atoms with Crippen molar-refractivity contribution in [1.82, 2.24) is 14.4 Å². The van der Waals surface area contributed by atoms with Gasteiger partial charge < -0.3 is 24.8 Å². The number of benzene rings is 1. The molecule has 0 amide bonds. The first kappa shape index (κ1) is 22.0. The zero-order valence-corrected chi connectivity index (χ0v) is 19.6. The number of Topliss-reactive ketones (excluding diaryl/α,β-unsaturated/α-hetero) is 1. The molecule has 7 heteroatoms. The number of ketones is 1. The Bertz CT molecular complexity index is 1100. The van der Waals surface area contributed by atoms with Gasteiger partial charge in [-0.2, -0.15) is 0 Å². The Morgan fingerprint density at radius 2 is 1.91 bits per heavy atom. The predicted octanol–water partition coefficient (Wildman–Crippen LogP) is 3.38. The maximum atomic E-state index is 13.5. The zero-order chi connectivity index (χ0) is 23.2. The van der Waals surface area contributed by atoms with Gasteiger partial charge in [-0.25, -0.2) is 0 Å². The Kier molecular flexibility index (Phi) is 5.69. The second-order valence-electron chi connectivity index (χ2n) is 9.89. The fourth-order valence-electron chi connectivity index (χ4n) is 5.89. The fraction of sp³-hybridized carbons (Fsp3) is 0.538. The van der Waals surface area contributed by atoms with Crippen LogP contribution in [0.1, 0.15) is 55.1 Å². The van der Waals surface area contributed by atoms with Crippen LogP contribution in [0.15, 0.2) is 36.7 Å². The van der Waals surface area contributed by atoms with E-state index >= 15 is 0 Å². The van der Waals surface area contributed by atoms with Crippen molar-refractivity contribution in [1.29, 1.82) is 0 Å². The third kappa shape index (κ3) is 3.62. The lowest BCUT2D eigenvalue weighted by Crippen LogP contribution is -2.43. The van der Waals surface area contributed by atoms with Crippen molar-refractivity contribution >= 4 is 22.7 Å². The molecule has 0 saturated heterocycles. The molecule has 1 saturated carbocycles. The second-order valence-corrected chi connectivity index (χ2v) is 9.89. The number of nitrogens with zero attached hydrogens (tertiary/aromatic N) is 3. The molecule has 2 atom stereocenters. The molecule has 7 nitrogen and oxygen atoms in total. The summed E-state index contributed by atoms with van der Waals surface area (Å²) in [6.45, 7) is 3.30. The molecule has 176 valence electrons. The van der Waals surface area contributed by atoms with Gasteiger partial charge in [0, 0.05) is 60.6 Å². The molecule has 0 spiro atoms. The highest BCUT2D eigenvalue weighted by Crippen LogP contribution is 2.38. The third-order valence-corrected chi connectivity index (χ3v) is 8.14. The van der Waals surface area contributed by atoms with Crippen LogP contribution in [-0.2, 0) is 23.0 Å². The lowest BCUT2D eigenvalue weighted by atomic mass is 9.84. The van der Waals surface area contributed by atoms with Crippen LogP contribution >= 0.6 is 0 Å². The fourth-order valence-corrected chi connectivity index (χ4v) is 5.89. The molecule has 2 unspecified atom stereocenters. The van der Waals surface area contributed by atoms with Crippen LogP contribution in [0.25, 0.3) is 10.9 Å². The van der Waals surface area contributed by atoms with E-state index in [1.54, 1.807) is 0 Å². The Balaban J connectivity index is 1.23. The van der Waals surface area contributed by atoms with E-state index in [9.17, 15) is 9.59 Å². The van der Waals surface area contributed by atoms with Gasteiger partial charge in [0.15, 0.2) is 12.5 Å². The number of hydrogen-bond acceptors (Lipinski definition) is 6. The number of nitrogens with two attached hydrogens (primary N) is 1. The number of esters is 1. The summed E-state index contributed by atoms with van der Waals surface area (Å²) < 4.78 is 7.86. The maximum absolute atomic E-state index is 13.5. The minimum Gasteiger partial charge on any atom is -0.444 e. The van der Waals surface area contributed by atoms with Crippen molar-refractivity contribution in [3.63, 3.8) is 0 Å². The SMILES string of the molecule is CC1N(COC(=O)C2(CN)CCCC2)C=CN1CC1CCc2c(c3ccccc3n2C)C1=O. The maximum Gasteiger partial charge on any atom is 0.315 e. The summed E-state index contributed by atoms with van der Waals surface area (Å²) in [7, 11) is 2.06. The van der Waals surface area contributed by atoms with Gasteiger partial charge in [0.25, 0.3) is 0 Å². The van der Waals surface area contributed by atoms with Gasteiger partial charge in [-0.3, -0.25) is 9.59 Å². The molecular formula is C26H34N4O3. The van der Waals surface area contributed by atoms with Crippen LogP contribution in [0.4, 0.5) is 0 Å². The van der Waals surface area contributed by atoms with Crippen LogP contribution in [0.2, 0.25) is 0 Å². The van der Waals surface area contributed by atoms with E-state index in [4.69, 9.17) is 10.5 Å². The Morgan fingerprint density at radius 1 is 1.18 bits per heavy atom. The molecule has 5 rings (SSSR count). The summed E-state index contributed by atoms with van der Waals surface area (Å²) in [4.78, 5) is 30.4. The number of aryl methyl sites for hydroxylation is 1. The van der Waals surface area contributed by atoms with E-state index in [2.05, 4.69) is 35.6 Å². The largest absolute Gasteiger partial charge is 0.444 e. The monoisotopic (exact) mass is 450 g/mol. The van der Waals surface area contributed by atoms with E-state index in [1.165, 1.54) is 0 Å². The number of para-hydroxylation sites is 1. The van der Waals surface area contributed by atoms with Crippen molar-refractivity contribution in [3.05, 3.63) is 47.9 Å². The van der Waals surface area contributed by atoms with Gasteiger partial charge >= 0.3 is 5.97 Å². The summed E-state index contributed by atoms with van der Waals surface area (Å²) >= 11 is 0. The smallest absolute Gasteiger partial charge is 0.315 e. The molecule has 2 N–H and O–H groups in total. The Labute approximate surface area is 195 Å². The normalized spacial score (nSPS) is 24.0. The third-order valence-electron chi connectivity index (χ3n) is 8.14. The number of fused-ring (bicyclic) bond motifs is 3. The molecule has 3 aliphatic rings. The molecule has 2 aliphatic carbocycles. The lowest BCUT2D eigenvalue weighted by Gasteiger charge is -2.33. The molecule has 1 aromatic heterocycles. The number of rotatable bonds is 6. The summed E-state index contributed by atoms with van der Waals surface area (Å²) in [5.74, 6) is 0.0223. The first-order valence-corrected chi connectivity index (χ1v) is 12.1. The second kappa shape index (κ2) is 8.52. The standard InChI is InChI=1S/C26H34N4O3/c1-18-29(13-14-30(18)17-33-25(32)26(16-27)11-5-6-12-26)15-19-9-10-22-23(24(19)31)20-7-3-4-8-21(20)28(22)2/h3-4,7-8,13-14,18-19H,5-6,9-12,15-17,27H2,1-2H3. The number of aromatic nitrogens is 1. The van der Waals surface area contributed by atoms with Crippen molar-refractivity contribution < 1.29 is 14.3 Å². The molecule has 1 aromatic carbocycles. The van der Waals surface area contributed by atoms with Gasteiger partial charge in [-0.15, -0.1) is 0 Å². The average molecular weight is 451 g/mol. The molecule has 2 heterocycles. The van der Waals surface area contributed by atoms with Crippen molar-refractivity contribution in [3.8, 4) is 0 Å². The average Bonchev–Trinajstić information content (AvgIpc) is 3.53. The minimum atomic E-state index is -0.503. The summed E-state index contributed by atoms with van der Waals surface area (Å²) in [5, 5.41) is 1.06. The van der Waals surface area contributed by atoms with E-state index < -0.39 is 5.41 Å². The van der Waals surface area contributed by atoms with Crippen LogP contribution in [0, 0.1) is 11.3 Å². The van der Waals surface area contributed by atoms with Crippen molar-refractivity contribution in [2.24, 2.45) is 24.1 Å². The molecule has 0 bridgehead atoms. The van der Waals surface area contributed by atoms with Crippen LogP contribution in [-0.4, -0.2) is 52.1 Å². The summed E-state index contributed by atoms with van der Waals surface area (Å²) in [6.07, 6.45) is 9.46. The van der Waals surface area contributed by atoms with Crippen LogP contribution < -0.4 is 5.73 Å². The van der Waals surface area contributed by atoms with Crippen LogP contribution in [0.5, 0.6) is 0 Å². The molecule has 1 aliphatic heterocycles. The van der Waals surface area contributed by atoms with Crippen LogP contribution in [0.3, 0.4) is 0 Å². The highest BCUT2D eigenvalue weighted by molar-refractivity contribution is 6.11. The van der Waals surface area contributed by atoms with E-state index in [1.807, 2.05) is 29.4 Å². The quantitative estimate of drug-likeness (QED) is 0.680. The first-order valence-electron chi connectivity index (χ1n) is 12.1. The topological polar surface area (TPSA) is 80.8 Å². The highest BCUT2D eigenvalue weighted by atomic mass is 16.5. The highest BCUT2D eigenvalue weighted by Gasteiger charge is 2.42. The summed E-state index contributed by atoms with van der Waals surface area (Å²) in [5.41, 5.74) is 8.59. The Hall–Kier alpha value is -2.80. The van der Waals surface area contributed by atoms with Crippen molar-refractivity contribution in [2.45, 2.75) is 51.6 Å². The molecular weight excluding hydrogens is 416 g/mol. The number of ether oxygens (including phenoxy) is 1. The van der Waals surface area contributed by atoms with Gasteiger partial charge in [0.05, 0.1) is 5.41 Å². The van der Waals surface area contributed by atoms with Gasteiger partial charge in [-0.1, -0.05) is 31.0 Å². The van der Waals surface area contributed by atoms with E-state index in [0.29, 0.717) is 13.1 Å². The van der Waals surface area contributed by atoms with Gasteiger partial charge in [0.1, 0.15) is 6.17 Å². The molecule has 0 radical (unpaired) electrons. The van der Waals surface area contributed by atoms with E-state index in [-0.39, 0.29) is 30.6 Å². The summed E-state index contributed by atoms with van der Waals surface area (Å²) in [6, 6.07) is 8.17. The number of carbonyl (C=O) groups excluding carboxylic acids is 2. The molecule has 2 aromatic rings. The lowest BCUT2D eigenvalue weighted by molar-refractivity contribution is -0.160.